The fourth-order valence-corrected chi connectivity index (χ4v) is 2.70. The molecular formula is C21H22F3NO5. The van der Waals surface area contributed by atoms with Crippen LogP contribution < -0.4 is 19.1 Å². The van der Waals surface area contributed by atoms with Gasteiger partial charge in [-0.25, -0.2) is 4.79 Å². The summed E-state index contributed by atoms with van der Waals surface area (Å²) in [6, 6.07) is 7.39. The number of fused-ring (bicyclic) bond motifs is 1. The van der Waals surface area contributed by atoms with Gasteiger partial charge in [0.25, 0.3) is 0 Å². The molecule has 2 aromatic rings. The molecule has 2 aromatic carbocycles. The van der Waals surface area contributed by atoms with Gasteiger partial charge in [-0.05, 0) is 45.0 Å². The van der Waals surface area contributed by atoms with E-state index in [0.717, 1.165) is 12.1 Å². The second-order valence-electron chi connectivity index (χ2n) is 7.63. The Labute approximate surface area is 172 Å². The van der Waals surface area contributed by atoms with Crippen molar-refractivity contribution < 1.29 is 36.9 Å². The Morgan fingerprint density at radius 2 is 1.63 bits per heavy atom. The van der Waals surface area contributed by atoms with E-state index in [0.29, 0.717) is 30.4 Å². The van der Waals surface area contributed by atoms with E-state index in [4.69, 9.17) is 18.9 Å². The number of hydrogen-bond acceptors (Lipinski definition) is 5. The molecule has 0 bridgehead atoms. The first kappa shape index (κ1) is 21.6. The normalized spacial score (nSPS) is 13.6. The average molecular weight is 425 g/mol. The van der Waals surface area contributed by atoms with Crippen molar-refractivity contribution in [1.82, 2.24) is 0 Å². The van der Waals surface area contributed by atoms with Crippen molar-refractivity contribution in [3.05, 3.63) is 42.0 Å². The minimum atomic E-state index is -4.43. The first-order valence-electron chi connectivity index (χ1n) is 9.19. The molecule has 0 saturated carbocycles. The van der Waals surface area contributed by atoms with Crippen LogP contribution in [0.2, 0.25) is 0 Å². The number of rotatable bonds is 3. The van der Waals surface area contributed by atoms with Crippen LogP contribution in [0.3, 0.4) is 0 Å². The van der Waals surface area contributed by atoms with Crippen molar-refractivity contribution in [3.8, 4) is 23.0 Å². The molecule has 162 valence electrons. The second kappa shape index (κ2) is 7.97. The van der Waals surface area contributed by atoms with E-state index in [1.807, 2.05) is 0 Å². The van der Waals surface area contributed by atoms with Crippen molar-refractivity contribution in [2.24, 2.45) is 0 Å². The molecule has 1 aliphatic heterocycles. The molecule has 0 spiro atoms. The molecule has 0 saturated heterocycles. The summed E-state index contributed by atoms with van der Waals surface area (Å²) in [6.07, 6.45) is -5.04. The Kier molecular flexibility index (Phi) is 5.74. The van der Waals surface area contributed by atoms with E-state index in [1.165, 1.54) is 30.1 Å². The summed E-state index contributed by atoms with van der Waals surface area (Å²) in [4.78, 5) is 13.8. The smallest absolute Gasteiger partial charge is 0.416 e. The molecule has 0 aliphatic carbocycles. The van der Waals surface area contributed by atoms with Crippen molar-refractivity contribution in [1.29, 1.82) is 0 Å². The first-order valence-corrected chi connectivity index (χ1v) is 9.19. The summed E-state index contributed by atoms with van der Waals surface area (Å²) in [5.74, 6) is 1.18. The number of alkyl halides is 3. The van der Waals surface area contributed by atoms with Crippen molar-refractivity contribution in [3.63, 3.8) is 0 Å². The van der Waals surface area contributed by atoms with Gasteiger partial charge in [-0.1, -0.05) is 0 Å². The van der Waals surface area contributed by atoms with Crippen LogP contribution in [0.4, 0.5) is 23.7 Å². The Hall–Kier alpha value is -3.10. The summed E-state index contributed by atoms with van der Waals surface area (Å²) in [7, 11) is 1.52. The third-order valence-electron chi connectivity index (χ3n) is 4.04. The zero-order valence-electron chi connectivity index (χ0n) is 17.0. The predicted molar refractivity (Wildman–Crippen MR) is 104 cm³/mol. The van der Waals surface area contributed by atoms with Crippen LogP contribution in [0.5, 0.6) is 23.0 Å². The number of hydrogen-bond donors (Lipinski definition) is 0. The standard InChI is InChI=1S/C21H22F3NO5/c1-20(2,3)30-19(26)25(4)16-11-15(12-17-18(16)28-10-9-27-17)29-14-7-5-13(6-8-14)21(22,23)24/h5-8,11-12H,9-10H2,1-4H3. The van der Waals surface area contributed by atoms with E-state index in [-0.39, 0.29) is 11.5 Å². The minimum Gasteiger partial charge on any atom is -0.486 e. The van der Waals surface area contributed by atoms with Gasteiger partial charge in [0.05, 0.1) is 11.3 Å². The van der Waals surface area contributed by atoms with E-state index in [9.17, 15) is 18.0 Å². The first-order chi connectivity index (χ1) is 13.9. The summed E-state index contributed by atoms with van der Waals surface area (Å²) in [6.45, 7) is 5.86. The Bertz CT molecular complexity index is 920. The molecule has 9 heteroatoms. The maximum atomic E-state index is 12.7. The summed E-state index contributed by atoms with van der Waals surface area (Å²) >= 11 is 0. The van der Waals surface area contributed by atoms with E-state index >= 15 is 0 Å². The zero-order valence-corrected chi connectivity index (χ0v) is 17.0. The van der Waals surface area contributed by atoms with Crippen molar-refractivity contribution in [2.45, 2.75) is 32.5 Å². The van der Waals surface area contributed by atoms with Gasteiger partial charge in [-0.3, -0.25) is 4.90 Å². The fourth-order valence-electron chi connectivity index (χ4n) is 2.70. The lowest BCUT2D eigenvalue weighted by Gasteiger charge is -2.28. The minimum absolute atomic E-state index is 0.200. The van der Waals surface area contributed by atoms with Crippen molar-refractivity contribution >= 4 is 11.8 Å². The van der Waals surface area contributed by atoms with E-state index in [1.54, 1.807) is 26.8 Å². The van der Waals surface area contributed by atoms with Crippen LogP contribution >= 0.6 is 0 Å². The number of anilines is 1. The van der Waals surface area contributed by atoms with Crippen molar-refractivity contribution in [2.75, 3.05) is 25.2 Å². The molecule has 0 radical (unpaired) electrons. The van der Waals surface area contributed by atoms with Gasteiger partial charge < -0.3 is 18.9 Å². The quantitative estimate of drug-likeness (QED) is 0.637. The number of nitrogens with zero attached hydrogens (tertiary/aromatic N) is 1. The van der Waals surface area contributed by atoms with Crippen LogP contribution in [0.15, 0.2) is 36.4 Å². The Morgan fingerprint density at radius 1 is 1.00 bits per heavy atom. The number of amides is 1. The summed E-state index contributed by atoms with van der Waals surface area (Å²) in [5.41, 5.74) is -1.12. The lowest BCUT2D eigenvalue weighted by molar-refractivity contribution is -0.137. The summed E-state index contributed by atoms with van der Waals surface area (Å²) in [5, 5.41) is 0. The van der Waals surface area contributed by atoms with Gasteiger partial charge in [-0.2, -0.15) is 13.2 Å². The molecule has 1 amide bonds. The largest absolute Gasteiger partial charge is 0.486 e. The molecule has 1 aliphatic rings. The van der Waals surface area contributed by atoms with Gasteiger partial charge in [0.1, 0.15) is 30.3 Å². The van der Waals surface area contributed by atoms with Gasteiger partial charge >= 0.3 is 12.3 Å². The van der Waals surface area contributed by atoms with Crippen LogP contribution in [-0.2, 0) is 10.9 Å². The number of carbonyl (C=O) groups is 1. The maximum absolute atomic E-state index is 12.7. The monoisotopic (exact) mass is 425 g/mol. The highest BCUT2D eigenvalue weighted by Crippen LogP contribution is 2.44. The lowest BCUT2D eigenvalue weighted by Crippen LogP contribution is -2.34. The molecule has 0 fully saturated rings. The third kappa shape index (κ3) is 5.08. The maximum Gasteiger partial charge on any atom is 0.416 e. The highest BCUT2D eigenvalue weighted by atomic mass is 19.4. The van der Waals surface area contributed by atoms with Gasteiger partial charge in [0, 0.05) is 19.2 Å². The molecule has 6 nitrogen and oxygen atoms in total. The van der Waals surface area contributed by atoms with Crippen LogP contribution in [-0.4, -0.2) is 32.0 Å². The van der Waals surface area contributed by atoms with Crippen LogP contribution in [0.25, 0.3) is 0 Å². The molecule has 30 heavy (non-hydrogen) atoms. The predicted octanol–water partition coefficient (Wildman–Crippen LogP) is 5.64. The Balaban J connectivity index is 1.91. The van der Waals surface area contributed by atoms with Crippen LogP contribution in [0, 0.1) is 0 Å². The van der Waals surface area contributed by atoms with Gasteiger partial charge in [0.2, 0.25) is 0 Å². The van der Waals surface area contributed by atoms with Crippen LogP contribution in [0.1, 0.15) is 26.3 Å². The number of halogens is 3. The average Bonchev–Trinajstić information content (AvgIpc) is 2.65. The molecule has 0 aromatic heterocycles. The lowest BCUT2D eigenvalue weighted by atomic mass is 10.2. The highest BCUT2D eigenvalue weighted by Gasteiger charge is 2.30. The third-order valence-corrected chi connectivity index (χ3v) is 4.04. The van der Waals surface area contributed by atoms with E-state index < -0.39 is 23.4 Å². The molecule has 1 heterocycles. The zero-order chi connectivity index (χ0) is 22.1. The SMILES string of the molecule is CN(C(=O)OC(C)(C)C)c1cc(Oc2ccc(C(F)(F)F)cc2)cc2c1OCCO2. The van der Waals surface area contributed by atoms with Gasteiger partial charge in [0.15, 0.2) is 11.5 Å². The van der Waals surface area contributed by atoms with Gasteiger partial charge in [-0.15, -0.1) is 0 Å². The molecule has 0 atom stereocenters. The van der Waals surface area contributed by atoms with E-state index in [2.05, 4.69) is 0 Å². The highest BCUT2D eigenvalue weighted by molar-refractivity contribution is 5.90. The number of ether oxygens (including phenoxy) is 4. The second-order valence-corrected chi connectivity index (χ2v) is 7.63. The molecular weight excluding hydrogens is 403 g/mol. The molecule has 0 N–H and O–H groups in total. The molecule has 3 rings (SSSR count). The number of carbonyl (C=O) groups excluding carboxylic acids is 1. The Morgan fingerprint density at radius 3 is 2.23 bits per heavy atom. The topological polar surface area (TPSA) is 57.2 Å². The summed E-state index contributed by atoms with van der Waals surface area (Å²) < 4.78 is 60.6. The molecule has 0 unspecified atom stereocenters. The fraction of sp³-hybridized carbons (Fsp3) is 0.381. The number of benzene rings is 2.